The molecular formula is C22H23NO2. The zero-order valence-corrected chi connectivity index (χ0v) is 14.5. The lowest BCUT2D eigenvalue weighted by Crippen LogP contribution is -2.23. The minimum absolute atomic E-state index is 0.388. The predicted octanol–water partition coefficient (Wildman–Crippen LogP) is 4.89. The number of methoxy groups -OCH3 is 1. The molecule has 0 saturated carbocycles. The number of phenolic OH excluding ortho intramolecular Hbond substituents is 1. The van der Waals surface area contributed by atoms with Gasteiger partial charge < -0.3 is 9.84 Å². The molecule has 0 amide bonds. The van der Waals surface area contributed by atoms with Crippen LogP contribution in [0.3, 0.4) is 0 Å². The van der Waals surface area contributed by atoms with Gasteiger partial charge in [0.2, 0.25) is 0 Å². The van der Waals surface area contributed by atoms with E-state index in [0.29, 0.717) is 11.8 Å². The number of benzene rings is 3. The van der Waals surface area contributed by atoms with Gasteiger partial charge in [0.25, 0.3) is 0 Å². The maximum absolute atomic E-state index is 10.5. The van der Waals surface area contributed by atoms with Crippen LogP contribution in [0.5, 0.6) is 11.5 Å². The maximum Gasteiger partial charge on any atom is 0.120 e. The van der Waals surface area contributed by atoms with Gasteiger partial charge >= 0.3 is 0 Å². The summed E-state index contributed by atoms with van der Waals surface area (Å²) < 4.78 is 5.27. The molecule has 1 saturated heterocycles. The van der Waals surface area contributed by atoms with E-state index >= 15 is 0 Å². The van der Waals surface area contributed by atoms with E-state index in [2.05, 4.69) is 29.2 Å². The van der Waals surface area contributed by atoms with Gasteiger partial charge in [0.1, 0.15) is 11.5 Å². The molecule has 0 aliphatic carbocycles. The number of likely N-dealkylation sites (tertiary alicyclic amines) is 1. The van der Waals surface area contributed by atoms with Crippen molar-refractivity contribution < 1.29 is 9.84 Å². The SMILES string of the molecule is COc1ccc(C2CCCN2Cc2c(O)ccc3ccccc23)cc1. The van der Waals surface area contributed by atoms with E-state index < -0.39 is 0 Å². The number of hydrogen-bond donors (Lipinski definition) is 1. The van der Waals surface area contributed by atoms with E-state index in [1.165, 1.54) is 17.4 Å². The minimum Gasteiger partial charge on any atom is -0.508 e. The summed E-state index contributed by atoms with van der Waals surface area (Å²) in [6, 6.07) is 20.8. The Morgan fingerprint density at radius 1 is 1.04 bits per heavy atom. The molecule has 1 aliphatic heterocycles. The Kier molecular flexibility index (Phi) is 4.33. The van der Waals surface area contributed by atoms with Crippen LogP contribution in [-0.4, -0.2) is 23.7 Å². The van der Waals surface area contributed by atoms with Gasteiger partial charge in [0.05, 0.1) is 7.11 Å². The highest BCUT2D eigenvalue weighted by molar-refractivity contribution is 5.87. The molecular weight excluding hydrogens is 310 g/mol. The Balaban J connectivity index is 1.64. The van der Waals surface area contributed by atoms with Gasteiger partial charge in [0, 0.05) is 18.2 Å². The van der Waals surface area contributed by atoms with Crippen LogP contribution in [0.15, 0.2) is 60.7 Å². The Bertz CT molecular complexity index is 873. The quantitative estimate of drug-likeness (QED) is 0.738. The number of aromatic hydroxyl groups is 1. The van der Waals surface area contributed by atoms with Gasteiger partial charge in [-0.1, -0.05) is 42.5 Å². The van der Waals surface area contributed by atoms with Crippen molar-refractivity contribution >= 4 is 10.8 Å². The van der Waals surface area contributed by atoms with E-state index in [4.69, 9.17) is 4.74 Å². The molecule has 4 rings (SSSR count). The van der Waals surface area contributed by atoms with Crippen LogP contribution in [0.2, 0.25) is 0 Å². The molecule has 128 valence electrons. The first kappa shape index (κ1) is 16.0. The maximum atomic E-state index is 10.5. The van der Waals surface area contributed by atoms with Crippen molar-refractivity contribution in [1.82, 2.24) is 4.90 Å². The molecule has 1 aliphatic rings. The van der Waals surface area contributed by atoms with Gasteiger partial charge in [-0.3, -0.25) is 4.90 Å². The van der Waals surface area contributed by atoms with E-state index in [-0.39, 0.29) is 0 Å². The van der Waals surface area contributed by atoms with Gasteiger partial charge in [-0.15, -0.1) is 0 Å². The number of hydrogen-bond acceptors (Lipinski definition) is 3. The summed E-state index contributed by atoms with van der Waals surface area (Å²) in [5.41, 5.74) is 2.34. The molecule has 3 aromatic rings. The second-order valence-electron chi connectivity index (χ2n) is 6.69. The van der Waals surface area contributed by atoms with Crippen LogP contribution in [0.1, 0.15) is 30.0 Å². The summed E-state index contributed by atoms with van der Waals surface area (Å²) >= 11 is 0. The van der Waals surface area contributed by atoms with Crippen molar-refractivity contribution in [3.8, 4) is 11.5 Å². The first-order valence-corrected chi connectivity index (χ1v) is 8.84. The van der Waals surface area contributed by atoms with E-state index in [1.54, 1.807) is 7.11 Å². The molecule has 3 aromatic carbocycles. The van der Waals surface area contributed by atoms with Crippen LogP contribution in [-0.2, 0) is 6.54 Å². The molecule has 0 aromatic heterocycles. The number of fused-ring (bicyclic) bond motifs is 1. The van der Waals surface area contributed by atoms with Crippen LogP contribution in [0.25, 0.3) is 10.8 Å². The molecule has 0 spiro atoms. The van der Waals surface area contributed by atoms with Crippen LogP contribution in [0.4, 0.5) is 0 Å². The smallest absolute Gasteiger partial charge is 0.120 e. The highest BCUT2D eigenvalue weighted by Gasteiger charge is 2.27. The van der Waals surface area contributed by atoms with Crippen molar-refractivity contribution in [2.45, 2.75) is 25.4 Å². The largest absolute Gasteiger partial charge is 0.508 e. The molecule has 1 heterocycles. The standard InChI is InChI=1S/C22H23NO2/c1-25-18-11-8-17(9-12-18)21-7-4-14-23(21)15-20-19-6-3-2-5-16(19)10-13-22(20)24/h2-3,5-6,8-13,21,24H,4,7,14-15H2,1H3. The lowest BCUT2D eigenvalue weighted by molar-refractivity contribution is 0.246. The molecule has 1 atom stereocenters. The first-order chi connectivity index (χ1) is 12.3. The van der Waals surface area contributed by atoms with Crippen molar-refractivity contribution in [1.29, 1.82) is 0 Å². The molecule has 1 unspecified atom stereocenters. The number of phenols is 1. The second kappa shape index (κ2) is 6.77. The van der Waals surface area contributed by atoms with Gasteiger partial charge in [-0.05, 0) is 53.9 Å². The van der Waals surface area contributed by atoms with E-state index in [0.717, 1.165) is 36.2 Å². The van der Waals surface area contributed by atoms with Gasteiger partial charge in [-0.2, -0.15) is 0 Å². The fraction of sp³-hybridized carbons (Fsp3) is 0.273. The highest BCUT2D eigenvalue weighted by Crippen LogP contribution is 2.36. The fourth-order valence-electron chi connectivity index (χ4n) is 3.91. The number of nitrogens with zero attached hydrogens (tertiary/aromatic N) is 1. The van der Waals surface area contributed by atoms with Crippen LogP contribution < -0.4 is 4.74 Å². The summed E-state index contributed by atoms with van der Waals surface area (Å²) in [4.78, 5) is 2.48. The Morgan fingerprint density at radius 3 is 2.64 bits per heavy atom. The zero-order valence-electron chi connectivity index (χ0n) is 14.5. The summed E-state index contributed by atoms with van der Waals surface area (Å²) in [5.74, 6) is 1.28. The topological polar surface area (TPSA) is 32.7 Å². The van der Waals surface area contributed by atoms with E-state index in [9.17, 15) is 5.11 Å². The lowest BCUT2D eigenvalue weighted by Gasteiger charge is -2.26. The molecule has 1 N–H and O–H groups in total. The van der Waals surface area contributed by atoms with Crippen molar-refractivity contribution in [2.75, 3.05) is 13.7 Å². The van der Waals surface area contributed by atoms with Crippen LogP contribution >= 0.6 is 0 Å². The zero-order chi connectivity index (χ0) is 17.2. The third-order valence-corrected chi connectivity index (χ3v) is 5.24. The summed E-state index contributed by atoms with van der Waals surface area (Å²) in [6.45, 7) is 1.82. The van der Waals surface area contributed by atoms with Crippen molar-refractivity contribution in [3.63, 3.8) is 0 Å². The Labute approximate surface area is 148 Å². The van der Waals surface area contributed by atoms with Crippen LogP contribution in [0, 0.1) is 0 Å². The average molecular weight is 333 g/mol. The minimum atomic E-state index is 0.388. The second-order valence-corrected chi connectivity index (χ2v) is 6.69. The molecule has 0 radical (unpaired) electrons. The number of ether oxygens (including phenoxy) is 1. The third-order valence-electron chi connectivity index (χ3n) is 5.24. The molecule has 25 heavy (non-hydrogen) atoms. The normalized spacial score (nSPS) is 17.9. The molecule has 1 fully saturated rings. The Hall–Kier alpha value is -2.52. The summed E-state index contributed by atoms with van der Waals surface area (Å²) in [5, 5.41) is 12.8. The molecule has 3 heteroatoms. The van der Waals surface area contributed by atoms with Crippen molar-refractivity contribution in [3.05, 3.63) is 71.8 Å². The summed E-state index contributed by atoms with van der Waals surface area (Å²) in [7, 11) is 1.69. The van der Waals surface area contributed by atoms with E-state index in [1.807, 2.05) is 36.4 Å². The number of rotatable bonds is 4. The van der Waals surface area contributed by atoms with Gasteiger partial charge in [0.15, 0.2) is 0 Å². The molecule has 0 bridgehead atoms. The van der Waals surface area contributed by atoms with Gasteiger partial charge in [-0.25, -0.2) is 0 Å². The lowest BCUT2D eigenvalue weighted by atomic mass is 10.0. The first-order valence-electron chi connectivity index (χ1n) is 8.84. The average Bonchev–Trinajstić information content (AvgIpc) is 3.12. The monoisotopic (exact) mass is 333 g/mol. The fourth-order valence-corrected chi connectivity index (χ4v) is 3.91. The van der Waals surface area contributed by atoms with Crippen molar-refractivity contribution in [2.24, 2.45) is 0 Å². The predicted molar refractivity (Wildman–Crippen MR) is 101 cm³/mol. The Morgan fingerprint density at radius 2 is 1.84 bits per heavy atom. The summed E-state index contributed by atoms with van der Waals surface area (Å²) in [6.07, 6.45) is 2.33. The third kappa shape index (κ3) is 3.08. The highest BCUT2D eigenvalue weighted by atomic mass is 16.5. The molecule has 3 nitrogen and oxygen atoms in total.